The Bertz CT molecular complexity index is 402. The Labute approximate surface area is 117 Å². The van der Waals surface area contributed by atoms with Crippen LogP contribution in [0.25, 0.3) is 0 Å². The van der Waals surface area contributed by atoms with Gasteiger partial charge >= 0.3 is 118 Å². The van der Waals surface area contributed by atoms with Crippen molar-refractivity contribution in [3.05, 3.63) is 41.0 Å². The number of hydrogen-bond donors (Lipinski definition) is 0. The van der Waals surface area contributed by atoms with Gasteiger partial charge in [-0.25, -0.2) is 0 Å². The van der Waals surface area contributed by atoms with Gasteiger partial charge in [0.05, 0.1) is 0 Å². The van der Waals surface area contributed by atoms with Gasteiger partial charge in [-0.05, 0) is 0 Å². The number of allylic oxidation sites excluding steroid dienone is 8. The number of rotatable bonds is 4. The molecule has 1 heteroatoms. The van der Waals surface area contributed by atoms with Crippen molar-refractivity contribution in [2.45, 2.75) is 53.4 Å². The molecule has 0 radical (unpaired) electrons. The molecule has 0 unspecified atom stereocenters. The first-order valence-corrected chi connectivity index (χ1v) is 9.18. The van der Waals surface area contributed by atoms with E-state index in [1.54, 1.807) is 28.9 Å². The molecule has 2 aliphatic rings. The van der Waals surface area contributed by atoms with Crippen molar-refractivity contribution < 1.29 is 23.2 Å². The van der Waals surface area contributed by atoms with Crippen LogP contribution in [0.1, 0.15) is 53.4 Å². The molecule has 0 nitrogen and oxygen atoms in total. The monoisotopic (exact) mass is 304 g/mol. The van der Waals surface area contributed by atoms with Crippen molar-refractivity contribution in [1.29, 1.82) is 0 Å². The van der Waals surface area contributed by atoms with Crippen LogP contribution in [0.4, 0.5) is 0 Å². The second-order valence-electron chi connectivity index (χ2n) is 4.97. The van der Waals surface area contributed by atoms with Crippen LogP contribution in [0.5, 0.6) is 0 Å². The molecule has 0 spiro atoms. The molecule has 0 saturated carbocycles. The minimum atomic E-state index is -0.539. The van der Waals surface area contributed by atoms with Crippen molar-refractivity contribution in [2.24, 2.45) is 0 Å². The molecule has 0 heterocycles. The molecule has 2 aliphatic carbocycles. The summed E-state index contributed by atoms with van der Waals surface area (Å²) in [6, 6.07) is 0. The van der Waals surface area contributed by atoms with Gasteiger partial charge in [0, 0.05) is 0 Å². The Morgan fingerprint density at radius 2 is 1.29 bits per heavy atom. The Morgan fingerprint density at radius 1 is 0.882 bits per heavy atom. The van der Waals surface area contributed by atoms with Crippen molar-refractivity contribution >= 4 is 0 Å². The quantitative estimate of drug-likeness (QED) is 0.678. The average Bonchev–Trinajstić information content (AvgIpc) is 2.85. The molecular formula is C16H22Zr. The Balaban J connectivity index is 2.27. The summed E-state index contributed by atoms with van der Waals surface area (Å²) in [7, 11) is 0. The van der Waals surface area contributed by atoms with Gasteiger partial charge in [-0.15, -0.1) is 0 Å². The van der Waals surface area contributed by atoms with Gasteiger partial charge in [0.2, 0.25) is 0 Å². The van der Waals surface area contributed by atoms with Gasteiger partial charge in [-0.2, -0.15) is 0 Å². The molecule has 0 bridgehead atoms. The molecule has 0 atom stereocenters. The third-order valence-electron chi connectivity index (χ3n) is 3.91. The van der Waals surface area contributed by atoms with Crippen LogP contribution in [0, 0.1) is 0 Å². The van der Waals surface area contributed by atoms with Crippen LogP contribution in [-0.4, -0.2) is 0 Å². The van der Waals surface area contributed by atoms with E-state index in [4.69, 9.17) is 0 Å². The predicted octanol–water partition coefficient (Wildman–Crippen LogP) is 5.10. The summed E-state index contributed by atoms with van der Waals surface area (Å²) in [5.74, 6) is 0. The zero-order chi connectivity index (χ0) is 12.4. The van der Waals surface area contributed by atoms with Crippen molar-refractivity contribution in [1.82, 2.24) is 0 Å². The molecule has 0 fully saturated rings. The fourth-order valence-corrected chi connectivity index (χ4v) is 6.99. The fourth-order valence-electron chi connectivity index (χ4n) is 2.66. The van der Waals surface area contributed by atoms with Crippen LogP contribution in [0.2, 0.25) is 0 Å². The third-order valence-corrected chi connectivity index (χ3v) is 8.81. The minimum absolute atomic E-state index is 0.539. The summed E-state index contributed by atoms with van der Waals surface area (Å²) >= 11 is -0.539. The van der Waals surface area contributed by atoms with E-state index in [0.717, 1.165) is 0 Å². The molecule has 0 amide bonds. The van der Waals surface area contributed by atoms with Gasteiger partial charge in [0.15, 0.2) is 0 Å². The van der Waals surface area contributed by atoms with E-state index >= 15 is 0 Å². The molecule has 2 rings (SSSR count). The first-order valence-electron chi connectivity index (χ1n) is 6.72. The van der Waals surface area contributed by atoms with E-state index < -0.39 is 23.2 Å². The van der Waals surface area contributed by atoms with Gasteiger partial charge in [0.1, 0.15) is 0 Å². The zero-order valence-corrected chi connectivity index (χ0v) is 13.9. The molecule has 0 saturated heterocycles. The fraction of sp³-hybridized carbons (Fsp3) is 0.500. The maximum atomic E-state index is 2.44. The second-order valence-corrected chi connectivity index (χ2v) is 8.04. The summed E-state index contributed by atoms with van der Waals surface area (Å²) in [4.78, 5) is 0. The van der Waals surface area contributed by atoms with Gasteiger partial charge in [0.25, 0.3) is 0 Å². The molecular weight excluding hydrogens is 283 g/mol. The molecule has 0 aromatic rings. The van der Waals surface area contributed by atoms with E-state index in [-0.39, 0.29) is 0 Å². The standard InChI is InChI=1S/2C8H11.Zr/c2*1-3-8-5-4-7(2)6-8;/h2*4H,3,5H2,1-2H3;. The maximum absolute atomic E-state index is 2.44. The molecule has 17 heavy (non-hydrogen) atoms. The van der Waals surface area contributed by atoms with Gasteiger partial charge < -0.3 is 0 Å². The molecule has 0 aromatic heterocycles. The Hall–Kier alpha value is -0.157. The third kappa shape index (κ3) is 2.65. The van der Waals surface area contributed by atoms with Gasteiger partial charge in [-0.3, -0.25) is 0 Å². The second kappa shape index (κ2) is 5.66. The molecule has 90 valence electrons. The Kier molecular flexibility index (Phi) is 4.42. The van der Waals surface area contributed by atoms with Crippen LogP contribution in [0.15, 0.2) is 41.0 Å². The Morgan fingerprint density at radius 3 is 1.65 bits per heavy atom. The summed E-state index contributed by atoms with van der Waals surface area (Å²) < 4.78 is 3.60. The summed E-state index contributed by atoms with van der Waals surface area (Å²) in [5.41, 5.74) is 6.65. The van der Waals surface area contributed by atoms with E-state index in [1.165, 1.54) is 25.7 Å². The average molecular weight is 306 g/mol. The van der Waals surface area contributed by atoms with Crippen LogP contribution in [-0.2, 0) is 23.2 Å². The normalized spacial score (nSPS) is 20.0. The van der Waals surface area contributed by atoms with Gasteiger partial charge in [-0.1, -0.05) is 0 Å². The first kappa shape index (κ1) is 13.3. The first-order chi connectivity index (χ1) is 8.17. The summed E-state index contributed by atoms with van der Waals surface area (Å²) in [5, 5.41) is 0. The predicted molar refractivity (Wildman–Crippen MR) is 71.4 cm³/mol. The SMILES string of the molecule is CCC1=[C]([Zr][C]2=C(CC)CC=C2C)C(C)=CC1. The molecule has 0 aromatic carbocycles. The molecule has 0 N–H and O–H groups in total. The summed E-state index contributed by atoms with van der Waals surface area (Å²) in [6.45, 7) is 9.26. The van der Waals surface area contributed by atoms with E-state index in [0.29, 0.717) is 0 Å². The van der Waals surface area contributed by atoms with E-state index in [1.807, 2.05) is 0 Å². The van der Waals surface area contributed by atoms with Crippen molar-refractivity contribution in [2.75, 3.05) is 0 Å². The van der Waals surface area contributed by atoms with E-state index in [9.17, 15) is 0 Å². The topological polar surface area (TPSA) is 0 Å². The van der Waals surface area contributed by atoms with Crippen molar-refractivity contribution in [3.8, 4) is 0 Å². The summed E-state index contributed by atoms with van der Waals surface area (Å²) in [6.07, 6.45) is 9.85. The van der Waals surface area contributed by atoms with E-state index in [2.05, 4.69) is 39.8 Å². The van der Waals surface area contributed by atoms with Crippen molar-refractivity contribution in [3.63, 3.8) is 0 Å². The van der Waals surface area contributed by atoms with Crippen LogP contribution < -0.4 is 0 Å². The number of hydrogen-bond acceptors (Lipinski definition) is 0. The molecule has 0 aliphatic heterocycles. The van der Waals surface area contributed by atoms with Crippen LogP contribution in [0.3, 0.4) is 0 Å². The zero-order valence-electron chi connectivity index (χ0n) is 11.5. The van der Waals surface area contributed by atoms with Crippen LogP contribution >= 0.6 is 0 Å².